The third-order valence-electron chi connectivity index (χ3n) is 4.46. The SMILES string of the molecule is CS(=O)(=O)N[C@@H]1CCN(c2ccc(Cl)cc2Cl)[C@H](c2ccc(Cl)cc2)C1. The van der Waals surface area contributed by atoms with Gasteiger partial charge in [0.05, 0.1) is 23.0 Å². The van der Waals surface area contributed by atoms with Gasteiger partial charge in [-0.2, -0.15) is 0 Å². The summed E-state index contributed by atoms with van der Waals surface area (Å²) in [5, 5.41) is 1.81. The number of piperidine rings is 1. The molecule has 8 heteroatoms. The third kappa shape index (κ3) is 4.84. The van der Waals surface area contributed by atoms with Crippen molar-refractivity contribution in [2.24, 2.45) is 0 Å². The van der Waals surface area contributed by atoms with Crippen LogP contribution in [0.5, 0.6) is 0 Å². The van der Waals surface area contributed by atoms with Crippen LogP contribution < -0.4 is 9.62 Å². The van der Waals surface area contributed by atoms with Crippen LogP contribution in [0.1, 0.15) is 24.4 Å². The van der Waals surface area contributed by atoms with Gasteiger partial charge in [0, 0.05) is 22.6 Å². The highest BCUT2D eigenvalue weighted by atomic mass is 35.5. The van der Waals surface area contributed by atoms with Gasteiger partial charge in [-0.25, -0.2) is 13.1 Å². The van der Waals surface area contributed by atoms with Crippen LogP contribution in [-0.4, -0.2) is 27.3 Å². The number of rotatable bonds is 4. The minimum absolute atomic E-state index is 0.0288. The fourth-order valence-electron chi connectivity index (χ4n) is 3.38. The molecule has 3 rings (SSSR count). The molecule has 140 valence electrons. The molecule has 0 aromatic heterocycles. The minimum Gasteiger partial charge on any atom is -0.363 e. The van der Waals surface area contributed by atoms with Crippen LogP contribution in [0.25, 0.3) is 0 Å². The molecule has 0 spiro atoms. The number of halogens is 3. The van der Waals surface area contributed by atoms with E-state index in [1.807, 2.05) is 36.4 Å². The van der Waals surface area contributed by atoms with Gasteiger partial charge in [0.15, 0.2) is 0 Å². The van der Waals surface area contributed by atoms with Gasteiger partial charge in [0.2, 0.25) is 10.0 Å². The first-order chi connectivity index (χ1) is 12.2. The van der Waals surface area contributed by atoms with Crippen LogP contribution >= 0.6 is 34.8 Å². The zero-order valence-electron chi connectivity index (χ0n) is 14.1. The molecule has 0 amide bonds. The molecule has 2 aromatic rings. The largest absolute Gasteiger partial charge is 0.363 e. The maximum Gasteiger partial charge on any atom is 0.208 e. The van der Waals surface area contributed by atoms with E-state index in [-0.39, 0.29) is 12.1 Å². The number of nitrogens with one attached hydrogen (secondary N) is 1. The van der Waals surface area contributed by atoms with Gasteiger partial charge in [0.1, 0.15) is 0 Å². The van der Waals surface area contributed by atoms with Crippen LogP contribution in [0.15, 0.2) is 42.5 Å². The summed E-state index contributed by atoms with van der Waals surface area (Å²) >= 11 is 18.5. The summed E-state index contributed by atoms with van der Waals surface area (Å²) in [6, 6.07) is 12.9. The quantitative estimate of drug-likeness (QED) is 0.745. The lowest BCUT2D eigenvalue weighted by atomic mass is 9.91. The van der Waals surface area contributed by atoms with E-state index in [1.54, 1.807) is 6.07 Å². The van der Waals surface area contributed by atoms with Crippen molar-refractivity contribution >= 4 is 50.5 Å². The van der Waals surface area contributed by atoms with E-state index in [4.69, 9.17) is 34.8 Å². The Balaban J connectivity index is 1.95. The molecule has 0 saturated carbocycles. The first-order valence-electron chi connectivity index (χ1n) is 8.17. The Bertz CT molecular complexity index is 888. The first-order valence-corrected chi connectivity index (χ1v) is 11.2. The predicted octanol–water partition coefficient (Wildman–Crippen LogP) is 4.91. The normalized spacial score (nSPS) is 21.0. The standard InChI is InChI=1S/C18H19Cl3N2O2S/c1-26(24,25)22-15-8-9-23(17-7-6-14(20)10-16(17)21)18(11-15)12-2-4-13(19)5-3-12/h2-7,10,15,18,22H,8-9,11H2,1H3/t15-,18+/m1/s1. The van der Waals surface area contributed by atoms with Crippen molar-refractivity contribution in [2.75, 3.05) is 17.7 Å². The van der Waals surface area contributed by atoms with Crippen molar-refractivity contribution < 1.29 is 8.42 Å². The van der Waals surface area contributed by atoms with E-state index in [1.165, 1.54) is 6.26 Å². The predicted molar refractivity (Wildman–Crippen MR) is 109 cm³/mol. The second-order valence-electron chi connectivity index (χ2n) is 6.47. The molecule has 2 aromatic carbocycles. The molecule has 1 heterocycles. The molecule has 1 aliphatic heterocycles. The van der Waals surface area contributed by atoms with E-state index < -0.39 is 10.0 Å². The highest BCUT2D eigenvalue weighted by Crippen LogP contribution is 2.39. The smallest absolute Gasteiger partial charge is 0.208 e. The number of anilines is 1. The molecule has 1 fully saturated rings. The fourth-order valence-corrected chi connectivity index (χ4v) is 4.84. The summed E-state index contributed by atoms with van der Waals surface area (Å²) in [6.45, 7) is 0.668. The van der Waals surface area contributed by atoms with Crippen LogP contribution in [0.3, 0.4) is 0 Å². The maximum absolute atomic E-state index is 11.7. The highest BCUT2D eigenvalue weighted by molar-refractivity contribution is 7.88. The van der Waals surface area contributed by atoms with Gasteiger partial charge in [0.25, 0.3) is 0 Å². The summed E-state index contributed by atoms with van der Waals surface area (Å²) < 4.78 is 26.0. The van der Waals surface area contributed by atoms with Crippen LogP contribution in [0, 0.1) is 0 Å². The molecule has 26 heavy (non-hydrogen) atoms. The first kappa shape index (κ1) is 19.8. The van der Waals surface area contributed by atoms with Gasteiger partial charge >= 0.3 is 0 Å². The van der Waals surface area contributed by atoms with Gasteiger partial charge in [-0.15, -0.1) is 0 Å². The fraction of sp³-hybridized carbons (Fsp3) is 0.333. The topological polar surface area (TPSA) is 49.4 Å². The van der Waals surface area contributed by atoms with Crippen LogP contribution in [0.4, 0.5) is 5.69 Å². The summed E-state index contributed by atoms with van der Waals surface area (Å²) in [5.74, 6) is 0. The molecule has 1 aliphatic rings. The van der Waals surface area contributed by atoms with Gasteiger partial charge in [-0.3, -0.25) is 0 Å². The average Bonchev–Trinajstić information content (AvgIpc) is 2.55. The molecule has 2 atom stereocenters. The second kappa shape index (κ2) is 7.95. The molecule has 0 bridgehead atoms. The zero-order valence-corrected chi connectivity index (χ0v) is 17.2. The Hall–Kier alpha value is -0.980. The summed E-state index contributed by atoms with van der Waals surface area (Å²) in [7, 11) is -3.27. The lowest BCUT2D eigenvalue weighted by molar-refractivity contribution is 0.395. The summed E-state index contributed by atoms with van der Waals surface area (Å²) in [4.78, 5) is 2.20. The van der Waals surface area contributed by atoms with E-state index in [2.05, 4.69) is 9.62 Å². The van der Waals surface area contributed by atoms with E-state index in [0.29, 0.717) is 34.5 Å². The number of hydrogen-bond acceptors (Lipinski definition) is 3. The highest BCUT2D eigenvalue weighted by Gasteiger charge is 2.32. The molecule has 0 radical (unpaired) electrons. The van der Waals surface area contributed by atoms with E-state index >= 15 is 0 Å². The van der Waals surface area contributed by atoms with Crippen molar-refractivity contribution in [3.8, 4) is 0 Å². The molecule has 1 N–H and O–H groups in total. The Kier molecular flexibility index (Phi) is 6.04. The molecule has 4 nitrogen and oxygen atoms in total. The monoisotopic (exact) mass is 432 g/mol. The van der Waals surface area contributed by atoms with Crippen molar-refractivity contribution in [2.45, 2.75) is 24.9 Å². The average molecular weight is 434 g/mol. The van der Waals surface area contributed by atoms with Gasteiger partial charge in [-0.1, -0.05) is 46.9 Å². The number of benzene rings is 2. The molecule has 1 saturated heterocycles. The van der Waals surface area contributed by atoms with Gasteiger partial charge in [-0.05, 0) is 48.7 Å². The third-order valence-corrected chi connectivity index (χ3v) is 6.01. The number of sulfonamides is 1. The van der Waals surface area contributed by atoms with Crippen molar-refractivity contribution in [3.05, 3.63) is 63.1 Å². The Morgan fingerprint density at radius 1 is 1.04 bits per heavy atom. The Labute approximate surface area is 169 Å². The Morgan fingerprint density at radius 3 is 2.31 bits per heavy atom. The minimum atomic E-state index is -3.27. The van der Waals surface area contributed by atoms with Crippen LogP contribution in [0.2, 0.25) is 15.1 Å². The van der Waals surface area contributed by atoms with Crippen molar-refractivity contribution in [1.82, 2.24) is 4.72 Å². The lowest BCUT2D eigenvalue weighted by Gasteiger charge is -2.41. The zero-order chi connectivity index (χ0) is 18.9. The Morgan fingerprint density at radius 2 is 1.69 bits per heavy atom. The van der Waals surface area contributed by atoms with Crippen molar-refractivity contribution in [1.29, 1.82) is 0 Å². The number of hydrogen-bond donors (Lipinski definition) is 1. The lowest BCUT2D eigenvalue weighted by Crippen LogP contribution is -2.46. The van der Waals surface area contributed by atoms with Crippen molar-refractivity contribution in [3.63, 3.8) is 0 Å². The van der Waals surface area contributed by atoms with Crippen LogP contribution in [-0.2, 0) is 10.0 Å². The van der Waals surface area contributed by atoms with E-state index in [9.17, 15) is 8.42 Å². The second-order valence-corrected chi connectivity index (χ2v) is 9.53. The molecular weight excluding hydrogens is 415 g/mol. The molecular formula is C18H19Cl3N2O2S. The van der Waals surface area contributed by atoms with E-state index in [0.717, 1.165) is 11.3 Å². The number of nitrogens with zero attached hydrogens (tertiary/aromatic N) is 1. The summed E-state index contributed by atoms with van der Waals surface area (Å²) in [6.07, 6.45) is 2.51. The van der Waals surface area contributed by atoms with Gasteiger partial charge < -0.3 is 4.90 Å². The molecule has 0 aliphatic carbocycles. The molecule has 0 unspecified atom stereocenters. The summed E-state index contributed by atoms with van der Waals surface area (Å²) in [5.41, 5.74) is 1.94. The maximum atomic E-state index is 11.7.